The molecule has 3 rings (SSSR count). The first-order valence-electron chi connectivity index (χ1n) is 7.70. The molecule has 1 heterocycles. The van der Waals surface area contributed by atoms with Gasteiger partial charge in [0.15, 0.2) is 5.82 Å². The largest absolute Gasteiger partial charge is 0.495 e. The van der Waals surface area contributed by atoms with Crippen LogP contribution in [-0.2, 0) is 0 Å². The average Bonchev–Trinajstić information content (AvgIpc) is 2.58. The summed E-state index contributed by atoms with van der Waals surface area (Å²) in [5.41, 5.74) is 3.97. The molecule has 0 aliphatic rings. The zero-order chi connectivity index (χ0) is 17.8. The minimum absolute atomic E-state index is 0.343. The van der Waals surface area contributed by atoms with Crippen molar-refractivity contribution in [3.05, 3.63) is 58.7 Å². The molecule has 128 valence electrons. The van der Waals surface area contributed by atoms with E-state index in [9.17, 15) is 0 Å². The third kappa shape index (κ3) is 4.16. The van der Waals surface area contributed by atoms with Gasteiger partial charge in [-0.2, -0.15) is 10.1 Å². The molecule has 7 heteroatoms. The van der Waals surface area contributed by atoms with Crippen LogP contribution in [0.15, 0.2) is 42.6 Å². The number of anilines is 4. The zero-order valence-electron chi connectivity index (χ0n) is 14.2. The fraction of sp³-hybridized carbons (Fsp3) is 0.167. The van der Waals surface area contributed by atoms with Crippen molar-refractivity contribution in [1.29, 1.82) is 0 Å². The molecule has 0 fully saturated rings. The maximum Gasteiger partial charge on any atom is 0.249 e. The van der Waals surface area contributed by atoms with E-state index in [-0.39, 0.29) is 0 Å². The normalized spacial score (nSPS) is 10.4. The highest BCUT2D eigenvalue weighted by Gasteiger charge is 2.08. The van der Waals surface area contributed by atoms with Crippen LogP contribution in [0.4, 0.5) is 23.1 Å². The number of aromatic nitrogens is 3. The van der Waals surface area contributed by atoms with Crippen molar-refractivity contribution in [3.63, 3.8) is 0 Å². The molecule has 0 saturated carbocycles. The fourth-order valence-corrected chi connectivity index (χ4v) is 2.58. The second kappa shape index (κ2) is 7.36. The van der Waals surface area contributed by atoms with Gasteiger partial charge >= 0.3 is 0 Å². The number of nitrogens with zero attached hydrogens (tertiary/aromatic N) is 3. The Morgan fingerprint density at radius 2 is 1.84 bits per heavy atom. The van der Waals surface area contributed by atoms with Crippen molar-refractivity contribution >= 4 is 34.7 Å². The van der Waals surface area contributed by atoms with Gasteiger partial charge in [0.25, 0.3) is 0 Å². The Morgan fingerprint density at radius 3 is 2.60 bits per heavy atom. The zero-order valence-corrected chi connectivity index (χ0v) is 14.9. The molecule has 0 bridgehead atoms. The van der Waals surface area contributed by atoms with Gasteiger partial charge in [0.2, 0.25) is 5.95 Å². The summed E-state index contributed by atoms with van der Waals surface area (Å²) in [6, 6.07) is 11.4. The summed E-state index contributed by atoms with van der Waals surface area (Å²) in [4.78, 5) is 4.44. The molecule has 0 amide bonds. The lowest BCUT2D eigenvalue weighted by Gasteiger charge is -2.12. The minimum Gasteiger partial charge on any atom is -0.495 e. The topological polar surface area (TPSA) is 72.0 Å². The van der Waals surface area contributed by atoms with Crippen molar-refractivity contribution in [1.82, 2.24) is 15.2 Å². The number of halogens is 1. The van der Waals surface area contributed by atoms with Crippen molar-refractivity contribution in [2.45, 2.75) is 13.8 Å². The van der Waals surface area contributed by atoms with Crippen LogP contribution < -0.4 is 15.4 Å². The van der Waals surface area contributed by atoms with Crippen LogP contribution in [0.25, 0.3) is 0 Å². The minimum atomic E-state index is 0.343. The predicted octanol–water partition coefficient (Wildman–Crippen LogP) is 4.64. The first-order chi connectivity index (χ1) is 12.0. The Labute approximate surface area is 151 Å². The van der Waals surface area contributed by atoms with Gasteiger partial charge in [-0.15, -0.1) is 5.10 Å². The van der Waals surface area contributed by atoms with Crippen molar-refractivity contribution in [2.75, 3.05) is 17.7 Å². The van der Waals surface area contributed by atoms with Crippen LogP contribution in [0.3, 0.4) is 0 Å². The highest BCUT2D eigenvalue weighted by Crippen LogP contribution is 2.29. The molecule has 25 heavy (non-hydrogen) atoms. The van der Waals surface area contributed by atoms with Crippen LogP contribution >= 0.6 is 11.6 Å². The van der Waals surface area contributed by atoms with Gasteiger partial charge in [-0.1, -0.05) is 29.3 Å². The predicted molar refractivity (Wildman–Crippen MR) is 100 cm³/mol. The number of methoxy groups -OCH3 is 1. The number of ether oxygens (including phenoxy) is 1. The number of benzene rings is 2. The Hall–Kier alpha value is -2.86. The summed E-state index contributed by atoms with van der Waals surface area (Å²) in [5, 5.41) is 14.9. The Morgan fingerprint density at radius 1 is 1.00 bits per heavy atom. The lowest BCUT2D eigenvalue weighted by atomic mass is 10.1. The Bertz CT molecular complexity index is 900. The highest BCUT2D eigenvalue weighted by atomic mass is 35.5. The van der Waals surface area contributed by atoms with E-state index in [1.54, 1.807) is 31.5 Å². The second-order valence-electron chi connectivity index (χ2n) is 5.58. The van der Waals surface area contributed by atoms with Gasteiger partial charge in [-0.3, -0.25) is 0 Å². The fourth-order valence-electron chi connectivity index (χ4n) is 2.41. The molecular formula is C18H18ClN5O. The van der Waals surface area contributed by atoms with Gasteiger partial charge < -0.3 is 15.4 Å². The van der Waals surface area contributed by atoms with Crippen LogP contribution in [0, 0.1) is 13.8 Å². The summed E-state index contributed by atoms with van der Waals surface area (Å²) in [5.74, 6) is 1.57. The van der Waals surface area contributed by atoms with Gasteiger partial charge in [0, 0.05) is 10.7 Å². The van der Waals surface area contributed by atoms with E-state index in [1.807, 2.05) is 19.1 Å². The Balaban J connectivity index is 1.83. The molecule has 3 aromatic rings. The molecule has 0 saturated heterocycles. The third-order valence-electron chi connectivity index (χ3n) is 3.61. The molecule has 0 aliphatic heterocycles. The van der Waals surface area contributed by atoms with Gasteiger partial charge in [-0.25, -0.2) is 0 Å². The number of rotatable bonds is 5. The van der Waals surface area contributed by atoms with Crippen molar-refractivity contribution < 1.29 is 4.74 Å². The molecule has 1 aromatic heterocycles. The smallest absolute Gasteiger partial charge is 0.249 e. The Kier molecular flexibility index (Phi) is 5.00. The molecule has 0 spiro atoms. The van der Waals surface area contributed by atoms with Gasteiger partial charge in [0.1, 0.15) is 5.75 Å². The summed E-state index contributed by atoms with van der Waals surface area (Å²) < 4.78 is 5.31. The quantitative estimate of drug-likeness (QED) is 0.694. The maximum atomic E-state index is 6.04. The number of nitrogens with one attached hydrogen (secondary N) is 2. The highest BCUT2D eigenvalue weighted by molar-refractivity contribution is 6.31. The standard InChI is InChI=1S/C18H18ClN5O/c1-11-4-6-14(12(2)8-11)21-17-10-20-24-18(23-17)22-15-9-13(19)5-7-16(15)25-3/h4-10H,1-3H3,(H2,21,22,23,24). The lowest BCUT2D eigenvalue weighted by Crippen LogP contribution is -2.04. The van der Waals surface area contributed by atoms with E-state index in [0.717, 1.165) is 11.3 Å². The van der Waals surface area contributed by atoms with Gasteiger partial charge in [-0.05, 0) is 43.7 Å². The summed E-state index contributed by atoms with van der Waals surface area (Å²) >= 11 is 6.04. The molecule has 0 unspecified atom stereocenters. The summed E-state index contributed by atoms with van der Waals surface area (Å²) in [6.45, 7) is 4.10. The molecule has 2 N–H and O–H groups in total. The molecule has 0 atom stereocenters. The lowest BCUT2D eigenvalue weighted by molar-refractivity contribution is 0.417. The second-order valence-corrected chi connectivity index (χ2v) is 6.01. The van der Waals surface area contributed by atoms with E-state index < -0.39 is 0 Å². The summed E-state index contributed by atoms with van der Waals surface area (Å²) in [6.07, 6.45) is 1.57. The van der Waals surface area contributed by atoms with Crippen LogP contribution in [0.2, 0.25) is 5.02 Å². The monoisotopic (exact) mass is 355 g/mol. The van der Waals surface area contributed by atoms with E-state index in [1.165, 1.54) is 5.56 Å². The van der Waals surface area contributed by atoms with Crippen LogP contribution in [0.5, 0.6) is 5.75 Å². The van der Waals surface area contributed by atoms with Crippen molar-refractivity contribution in [3.8, 4) is 5.75 Å². The number of hydrogen-bond acceptors (Lipinski definition) is 6. The summed E-state index contributed by atoms with van der Waals surface area (Å²) in [7, 11) is 1.59. The SMILES string of the molecule is COc1ccc(Cl)cc1Nc1nncc(Nc2ccc(C)cc2C)n1. The first-order valence-corrected chi connectivity index (χ1v) is 8.07. The molecular weight excluding hydrogens is 338 g/mol. The van der Waals surface area contributed by atoms with E-state index in [2.05, 4.69) is 38.8 Å². The average molecular weight is 356 g/mol. The third-order valence-corrected chi connectivity index (χ3v) is 3.85. The maximum absolute atomic E-state index is 6.04. The molecule has 6 nitrogen and oxygen atoms in total. The number of aryl methyl sites for hydroxylation is 2. The van der Waals surface area contributed by atoms with Gasteiger partial charge in [0.05, 0.1) is 19.0 Å². The van der Waals surface area contributed by atoms with E-state index in [0.29, 0.717) is 28.2 Å². The van der Waals surface area contributed by atoms with E-state index >= 15 is 0 Å². The first kappa shape index (κ1) is 17.0. The number of hydrogen-bond donors (Lipinski definition) is 2. The van der Waals surface area contributed by atoms with E-state index in [4.69, 9.17) is 16.3 Å². The molecule has 0 radical (unpaired) electrons. The van der Waals surface area contributed by atoms with Crippen LogP contribution in [0.1, 0.15) is 11.1 Å². The molecule has 0 aliphatic carbocycles. The van der Waals surface area contributed by atoms with Crippen molar-refractivity contribution in [2.24, 2.45) is 0 Å². The van der Waals surface area contributed by atoms with Crippen LogP contribution in [-0.4, -0.2) is 22.3 Å². The molecule has 2 aromatic carbocycles.